The van der Waals surface area contributed by atoms with Crippen molar-refractivity contribution in [3.05, 3.63) is 17.8 Å². The molecule has 1 fully saturated rings. The van der Waals surface area contributed by atoms with E-state index < -0.39 is 0 Å². The Bertz CT molecular complexity index is 303. The average molecular weight is 209 g/mol. The van der Waals surface area contributed by atoms with Crippen LogP contribution in [0.1, 0.15) is 30.3 Å². The van der Waals surface area contributed by atoms with Crippen LogP contribution in [0.2, 0.25) is 0 Å². The molecule has 0 saturated carbocycles. The predicted molar refractivity (Wildman–Crippen MR) is 58.7 cm³/mol. The molecule has 0 bridgehead atoms. The summed E-state index contributed by atoms with van der Waals surface area (Å²) in [6.07, 6.45) is 4.92. The van der Waals surface area contributed by atoms with Gasteiger partial charge in [0.25, 0.3) is 0 Å². The Morgan fingerprint density at radius 3 is 2.93 bits per heavy atom. The summed E-state index contributed by atoms with van der Waals surface area (Å²) < 4.78 is 5.38. The monoisotopic (exact) mass is 209 g/mol. The molecule has 0 amide bonds. The molecule has 1 aliphatic rings. The van der Waals surface area contributed by atoms with Crippen LogP contribution in [0, 0.1) is 0 Å². The molecule has 2 rings (SSSR count). The largest absolute Gasteiger partial charge is 0.449 e. The van der Waals surface area contributed by atoms with Crippen LogP contribution in [0.25, 0.3) is 0 Å². The van der Waals surface area contributed by atoms with Gasteiger partial charge in [-0.15, -0.1) is 0 Å². The van der Waals surface area contributed by atoms with E-state index in [9.17, 15) is 0 Å². The molecule has 2 heterocycles. The van der Waals surface area contributed by atoms with Crippen LogP contribution >= 0.6 is 0 Å². The molecule has 0 spiro atoms. The van der Waals surface area contributed by atoms with Crippen molar-refractivity contribution in [2.45, 2.75) is 25.2 Å². The van der Waals surface area contributed by atoms with Gasteiger partial charge in [-0.25, -0.2) is 4.98 Å². The standard InChI is InChI=1S/C11H19N3O/c1-14-6-3-9(4-7-14)10-8-15-11(13-10)2-5-12/h8-9H,2-7,12H2,1H3. The number of aromatic nitrogens is 1. The van der Waals surface area contributed by atoms with Crippen LogP contribution in [0.4, 0.5) is 0 Å². The molecule has 0 aromatic carbocycles. The van der Waals surface area contributed by atoms with Gasteiger partial charge in [-0.2, -0.15) is 0 Å². The van der Waals surface area contributed by atoms with E-state index in [0.717, 1.165) is 31.1 Å². The minimum absolute atomic E-state index is 0.580. The highest BCUT2D eigenvalue weighted by atomic mass is 16.3. The van der Waals surface area contributed by atoms with Crippen molar-refractivity contribution in [3.8, 4) is 0 Å². The molecule has 4 nitrogen and oxygen atoms in total. The quantitative estimate of drug-likeness (QED) is 0.806. The number of likely N-dealkylation sites (tertiary alicyclic amines) is 1. The first kappa shape index (κ1) is 10.6. The maximum absolute atomic E-state index is 5.46. The third-order valence-electron chi connectivity index (χ3n) is 3.06. The molecule has 1 saturated heterocycles. The fourth-order valence-corrected chi connectivity index (χ4v) is 2.06. The van der Waals surface area contributed by atoms with Crippen molar-refractivity contribution in [1.82, 2.24) is 9.88 Å². The number of rotatable bonds is 3. The Morgan fingerprint density at radius 1 is 1.53 bits per heavy atom. The summed E-state index contributed by atoms with van der Waals surface area (Å²) in [6.45, 7) is 2.92. The number of nitrogens with zero attached hydrogens (tertiary/aromatic N) is 2. The molecule has 0 unspecified atom stereocenters. The summed E-state index contributed by atoms with van der Waals surface area (Å²) in [5.74, 6) is 1.36. The van der Waals surface area contributed by atoms with E-state index in [1.165, 1.54) is 12.8 Å². The Kier molecular flexibility index (Phi) is 3.38. The number of nitrogens with two attached hydrogens (primary N) is 1. The highest BCUT2D eigenvalue weighted by Crippen LogP contribution is 2.26. The highest BCUT2D eigenvalue weighted by molar-refractivity contribution is 5.06. The predicted octanol–water partition coefficient (Wildman–Crippen LogP) is 0.985. The Morgan fingerprint density at radius 2 is 2.27 bits per heavy atom. The lowest BCUT2D eigenvalue weighted by Gasteiger charge is -2.27. The van der Waals surface area contributed by atoms with Gasteiger partial charge < -0.3 is 15.1 Å². The van der Waals surface area contributed by atoms with Gasteiger partial charge in [-0.3, -0.25) is 0 Å². The average Bonchev–Trinajstić information content (AvgIpc) is 2.68. The zero-order valence-electron chi connectivity index (χ0n) is 9.28. The van der Waals surface area contributed by atoms with Crippen LogP contribution in [-0.2, 0) is 6.42 Å². The van der Waals surface area contributed by atoms with Crippen molar-refractivity contribution in [2.75, 3.05) is 26.7 Å². The van der Waals surface area contributed by atoms with Gasteiger partial charge >= 0.3 is 0 Å². The van der Waals surface area contributed by atoms with Crippen molar-refractivity contribution in [1.29, 1.82) is 0 Å². The zero-order chi connectivity index (χ0) is 10.7. The molecule has 0 atom stereocenters. The van der Waals surface area contributed by atoms with Crippen molar-refractivity contribution in [3.63, 3.8) is 0 Å². The molecular formula is C11H19N3O. The molecule has 2 N–H and O–H groups in total. The highest BCUT2D eigenvalue weighted by Gasteiger charge is 2.21. The number of hydrogen-bond acceptors (Lipinski definition) is 4. The van der Waals surface area contributed by atoms with Gasteiger partial charge in [-0.1, -0.05) is 0 Å². The van der Waals surface area contributed by atoms with E-state index in [-0.39, 0.29) is 0 Å². The smallest absolute Gasteiger partial charge is 0.195 e. The van der Waals surface area contributed by atoms with E-state index in [4.69, 9.17) is 10.2 Å². The molecular weight excluding hydrogens is 190 g/mol. The molecule has 4 heteroatoms. The summed E-state index contributed by atoms with van der Waals surface area (Å²) in [6, 6.07) is 0. The lowest BCUT2D eigenvalue weighted by Crippen LogP contribution is -2.29. The van der Waals surface area contributed by atoms with E-state index in [1.807, 2.05) is 0 Å². The first-order valence-corrected chi connectivity index (χ1v) is 5.62. The van der Waals surface area contributed by atoms with Gasteiger partial charge in [0.2, 0.25) is 0 Å². The second-order valence-electron chi connectivity index (χ2n) is 4.28. The summed E-state index contributed by atoms with van der Waals surface area (Å²) in [4.78, 5) is 6.84. The number of hydrogen-bond donors (Lipinski definition) is 1. The van der Waals surface area contributed by atoms with Gasteiger partial charge in [0.05, 0.1) is 5.69 Å². The normalized spacial score (nSPS) is 19.6. The second-order valence-corrected chi connectivity index (χ2v) is 4.28. The van der Waals surface area contributed by atoms with Crippen molar-refractivity contribution in [2.24, 2.45) is 5.73 Å². The second kappa shape index (κ2) is 4.77. The molecule has 1 aromatic rings. The minimum atomic E-state index is 0.580. The van der Waals surface area contributed by atoms with Crippen LogP contribution in [0.3, 0.4) is 0 Å². The van der Waals surface area contributed by atoms with Crippen LogP contribution in [0.5, 0.6) is 0 Å². The Balaban J connectivity index is 1.96. The molecule has 15 heavy (non-hydrogen) atoms. The van der Waals surface area contributed by atoms with Crippen LogP contribution < -0.4 is 5.73 Å². The molecule has 1 aromatic heterocycles. The minimum Gasteiger partial charge on any atom is -0.449 e. The Labute approximate surface area is 90.5 Å². The third kappa shape index (κ3) is 2.58. The van der Waals surface area contributed by atoms with E-state index in [0.29, 0.717) is 12.5 Å². The fourth-order valence-electron chi connectivity index (χ4n) is 2.06. The van der Waals surface area contributed by atoms with Gasteiger partial charge in [0.1, 0.15) is 6.26 Å². The third-order valence-corrected chi connectivity index (χ3v) is 3.06. The van der Waals surface area contributed by atoms with E-state index in [2.05, 4.69) is 16.9 Å². The lowest BCUT2D eigenvalue weighted by molar-refractivity contribution is 0.253. The summed E-state index contributed by atoms with van der Waals surface area (Å²) >= 11 is 0. The molecule has 84 valence electrons. The van der Waals surface area contributed by atoms with Gasteiger partial charge in [0, 0.05) is 18.9 Å². The number of oxazole rings is 1. The molecule has 0 radical (unpaired) electrons. The summed E-state index contributed by atoms with van der Waals surface area (Å²) in [5, 5.41) is 0. The number of piperidine rings is 1. The van der Waals surface area contributed by atoms with Crippen LogP contribution in [0.15, 0.2) is 10.7 Å². The SMILES string of the molecule is CN1CCC(c2coc(CCN)n2)CC1. The molecule has 1 aliphatic heterocycles. The fraction of sp³-hybridized carbons (Fsp3) is 0.727. The first-order valence-electron chi connectivity index (χ1n) is 5.62. The lowest BCUT2D eigenvalue weighted by atomic mass is 9.94. The summed E-state index contributed by atoms with van der Waals surface area (Å²) in [5.41, 5.74) is 6.58. The topological polar surface area (TPSA) is 55.3 Å². The first-order chi connectivity index (χ1) is 7.29. The van der Waals surface area contributed by atoms with Crippen LogP contribution in [-0.4, -0.2) is 36.6 Å². The molecule has 0 aliphatic carbocycles. The maximum Gasteiger partial charge on any atom is 0.195 e. The zero-order valence-corrected chi connectivity index (χ0v) is 9.28. The summed E-state index contributed by atoms with van der Waals surface area (Å²) in [7, 11) is 2.17. The maximum atomic E-state index is 5.46. The van der Waals surface area contributed by atoms with Crippen molar-refractivity contribution >= 4 is 0 Å². The van der Waals surface area contributed by atoms with Gasteiger partial charge in [0.15, 0.2) is 5.89 Å². The van der Waals surface area contributed by atoms with E-state index >= 15 is 0 Å². The Hall–Kier alpha value is -0.870. The van der Waals surface area contributed by atoms with E-state index in [1.54, 1.807) is 6.26 Å². The van der Waals surface area contributed by atoms with Gasteiger partial charge in [-0.05, 0) is 33.0 Å². The van der Waals surface area contributed by atoms with Crippen molar-refractivity contribution < 1.29 is 4.42 Å².